The highest BCUT2D eigenvalue weighted by Crippen LogP contribution is 2.29. The average molecular weight is 261 g/mol. The second kappa shape index (κ2) is 4.36. The fourth-order valence-electron chi connectivity index (χ4n) is 1.39. The Morgan fingerprint density at radius 3 is 1.94 bits per heavy atom. The summed E-state index contributed by atoms with van der Waals surface area (Å²) in [6.07, 6.45) is 0. The molecular weight excluding hydrogens is 258 g/mol. The van der Waals surface area contributed by atoms with Gasteiger partial charge in [-0.3, -0.25) is 0 Å². The van der Waals surface area contributed by atoms with Gasteiger partial charge in [-0.1, -0.05) is 0 Å². The van der Waals surface area contributed by atoms with Crippen LogP contribution < -0.4 is 0 Å². The van der Waals surface area contributed by atoms with Gasteiger partial charge in [-0.25, -0.2) is 26.3 Å². The van der Waals surface area contributed by atoms with Crippen LogP contribution in [0, 0.1) is 41.0 Å². The number of hydrogen-bond donors (Lipinski definition) is 0. The van der Waals surface area contributed by atoms with Crippen molar-refractivity contribution in [3.05, 3.63) is 59.2 Å². The Hall–Kier alpha value is -1.98. The van der Waals surface area contributed by atoms with Crippen molar-refractivity contribution in [3.63, 3.8) is 0 Å². The highest BCUT2D eigenvalue weighted by atomic mass is 19.2. The standard InChI is InChI=1S/C12H3F6/c13-7-3-1-5(9(15)11(7)17)6-2-4-8(14)12(18)10(6)16/h1,3-4H. The van der Waals surface area contributed by atoms with Gasteiger partial charge in [0.1, 0.15) is 0 Å². The van der Waals surface area contributed by atoms with E-state index in [1.54, 1.807) is 0 Å². The maximum Gasteiger partial charge on any atom is 0.195 e. The summed E-state index contributed by atoms with van der Waals surface area (Å²) in [6.45, 7) is 0. The van der Waals surface area contributed by atoms with Crippen LogP contribution in [0.4, 0.5) is 26.3 Å². The second-order valence-corrected chi connectivity index (χ2v) is 3.36. The molecule has 0 aliphatic carbocycles. The van der Waals surface area contributed by atoms with Crippen molar-refractivity contribution < 1.29 is 26.3 Å². The van der Waals surface area contributed by atoms with Crippen LogP contribution in [0.5, 0.6) is 0 Å². The molecule has 2 aromatic rings. The molecule has 0 aromatic heterocycles. The molecule has 1 radical (unpaired) electrons. The van der Waals surface area contributed by atoms with Gasteiger partial charge in [-0.15, -0.1) is 0 Å². The molecule has 93 valence electrons. The van der Waals surface area contributed by atoms with E-state index >= 15 is 0 Å². The third-order valence-corrected chi connectivity index (χ3v) is 2.27. The predicted molar refractivity (Wildman–Crippen MR) is 50.5 cm³/mol. The van der Waals surface area contributed by atoms with Gasteiger partial charge in [0, 0.05) is 11.1 Å². The Kier molecular flexibility index (Phi) is 3.02. The molecule has 18 heavy (non-hydrogen) atoms. The largest absolute Gasteiger partial charge is 0.204 e. The lowest BCUT2D eigenvalue weighted by molar-refractivity contribution is 0.442. The summed E-state index contributed by atoms with van der Waals surface area (Å²) < 4.78 is 77.8. The molecule has 0 fully saturated rings. The van der Waals surface area contributed by atoms with Crippen LogP contribution in [0.15, 0.2) is 18.2 Å². The minimum atomic E-state index is -1.84. The first kappa shape index (κ1) is 12.5. The van der Waals surface area contributed by atoms with Crippen molar-refractivity contribution in [3.8, 4) is 11.1 Å². The molecule has 0 heterocycles. The molecule has 0 unspecified atom stereocenters. The number of benzene rings is 2. The Labute approximate surface area is 97.5 Å². The third kappa shape index (κ3) is 1.83. The van der Waals surface area contributed by atoms with Gasteiger partial charge in [-0.2, -0.15) is 0 Å². The molecule has 0 atom stereocenters. The maximum atomic E-state index is 13.3. The summed E-state index contributed by atoms with van der Waals surface area (Å²) in [5.74, 6) is -10.1. The van der Waals surface area contributed by atoms with Gasteiger partial charge in [0.25, 0.3) is 0 Å². The summed E-state index contributed by atoms with van der Waals surface area (Å²) in [7, 11) is 0. The van der Waals surface area contributed by atoms with Gasteiger partial charge in [0.05, 0.1) is 0 Å². The van der Waals surface area contributed by atoms with Crippen LogP contribution in [-0.2, 0) is 0 Å². The minimum Gasteiger partial charge on any atom is -0.204 e. The molecule has 0 aliphatic heterocycles. The Bertz CT molecular complexity index is 565. The summed E-state index contributed by atoms with van der Waals surface area (Å²) in [5.41, 5.74) is -1.56. The first-order chi connectivity index (χ1) is 8.43. The topological polar surface area (TPSA) is 0 Å². The Balaban J connectivity index is 2.71. The minimum absolute atomic E-state index is 0.439. The first-order valence-electron chi connectivity index (χ1n) is 4.62. The molecule has 0 saturated heterocycles. The highest BCUT2D eigenvalue weighted by Gasteiger charge is 2.20. The van der Waals surface area contributed by atoms with Gasteiger partial charge >= 0.3 is 0 Å². The fraction of sp³-hybridized carbons (Fsp3) is 0. The summed E-state index contributed by atoms with van der Waals surface area (Å²) >= 11 is 0. The zero-order valence-corrected chi connectivity index (χ0v) is 8.50. The van der Waals surface area contributed by atoms with Crippen LogP contribution in [0.2, 0.25) is 0 Å². The SMILES string of the molecule is Fc1c[c]c(-c2ccc(F)c(F)c2F)c(F)c1F. The number of hydrogen-bond acceptors (Lipinski definition) is 0. The van der Waals surface area contributed by atoms with Crippen molar-refractivity contribution in [2.45, 2.75) is 0 Å². The van der Waals surface area contributed by atoms with Crippen molar-refractivity contribution in [1.29, 1.82) is 0 Å². The van der Waals surface area contributed by atoms with E-state index in [9.17, 15) is 26.3 Å². The lowest BCUT2D eigenvalue weighted by Gasteiger charge is -2.06. The Morgan fingerprint density at radius 2 is 1.28 bits per heavy atom. The lowest BCUT2D eigenvalue weighted by Crippen LogP contribution is -1.99. The van der Waals surface area contributed by atoms with E-state index in [4.69, 9.17) is 0 Å². The molecule has 0 amide bonds. The van der Waals surface area contributed by atoms with E-state index in [0.29, 0.717) is 18.2 Å². The number of halogens is 6. The van der Waals surface area contributed by atoms with E-state index in [0.717, 1.165) is 0 Å². The Morgan fingerprint density at radius 1 is 0.667 bits per heavy atom. The quantitative estimate of drug-likeness (QED) is 0.538. The van der Waals surface area contributed by atoms with E-state index in [1.165, 1.54) is 0 Å². The van der Waals surface area contributed by atoms with Gasteiger partial charge < -0.3 is 0 Å². The molecule has 0 saturated carbocycles. The van der Waals surface area contributed by atoms with Crippen LogP contribution in [0.25, 0.3) is 11.1 Å². The molecule has 0 spiro atoms. The number of rotatable bonds is 1. The molecule has 0 nitrogen and oxygen atoms in total. The van der Waals surface area contributed by atoms with E-state index in [1.807, 2.05) is 6.07 Å². The van der Waals surface area contributed by atoms with Crippen LogP contribution in [-0.4, -0.2) is 0 Å². The van der Waals surface area contributed by atoms with Gasteiger partial charge in [0.2, 0.25) is 0 Å². The normalized spacial score (nSPS) is 10.8. The summed E-state index contributed by atoms with van der Waals surface area (Å²) in [6, 6.07) is 3.62. The monoisotopic (exact) mass is 261 g/mol. The van der Waals surface area contributed by atoms with Crippen LogP contribution in [0.3, 0.4) is 0 Å². The molecule has 0 bridgehead atoms. The van der Waals surface area contributed by atoms with Crippen LogP contribution >= 0.6 is 0 Å². The zero-order valence-electron chi connectivity index (χ0n) is 8.50. The molecule has 2 aromatic carbocycles. The van der Waals surface area contributed by atoms with Gasteiger partial charge in [0.15, 0.2) is 34.9 Å². The average Bonchev–Trinajstić information content (AvgIpc) is 2.35. The molecule has 6 heteroatoms. The third-order valence-electron chi connectivity index (χ3n) is 2.27. The van der Waals surface area contributed by atoms with Gasteiger partial charge in [-0.05, 0) is 24.3 Å². The predicted octanol–water partition coefficient (Wildman–Crippen LogP) is 3.99. The first-order valence-corrected chi connectivity index (χ1v) is 4.62. The fourth-order valence-corrected chi connectivity index (χ4v) is 1.39. The molecule has 0 aliphatic rings. The molecular formula is C12H3F6. The molecule has 2 rings (SSSR count). The smallest absolute Gasteiger partial charge is 0.195 e. The summed E-state index contributed by atoms with van der Waals surface area (Å²) in [5, 5.41) is 0. The molecule has 0 N–H and O–H groups in total. The van der Waals surface area contributed by atoms with Crippen molar-refractivity contribution >= 4 is 0 Å². The highest BCUT2D eigenvalue weighted by molar-refractivity contribution is 5.64. The van der Waals surface area contributed by atoms with Crippen LogP contribution in [0.1, 0.15) is 0 Å². The van der Waals surface area contributed by atoms with E-state index < -0.39 is 46.0 Å². The zero-order chi connectivity index (χ0) is 13.4. The van der Waals surface area contributed by atoms with E-state index in [-0.39, 0.29) is 0 Å². The maximum absolute atomic E-state index is 13.3. The summed E-state index contributed by atoms with van der Waals surface area (Å²) in [4.78, 5) is 0. The van der Waals surface area contributed by atoms with Crippen molar-refractivity contribution in [2.24, 2.45) is 0 Å². The van der Waals surface area contributed by atoms with Crippen molar-refractivity contribution in [1.82, 2.24) is 0 Å². The second-order valence-electron chi connectivity index (χ2n) is 3.36. The lowest BCUT2D eigenvalue weighted by atomic mass is 10.0. The van der Waals surface area contributed by atoms with Crippen molar-refractivity contribution in [2.75, 3.05) is 0 Å². The van der Waals surface area contributed by atoms with E-state index in [2.05, 4.69) is 0 Å².